The molecule has 0 aliphatic carbocycles. The molecule has 1 saturated heterocycles. The molecule has 0 aromatic heterocycles. The van der Waals surface area contributed by atoms with Gasteiger partial charge in [-0.05, 0) is 61.7 Å². The zero-order valence-corrected chi connectivity index (χ0v) is 17.8. The monoisotopic (exact) mass is 418 g/mol. The molecule has 0 atom stereocenters. The lowest BCUT2D eigenvalue weighted by molar-refractivity contribution is -0.119. The summed E-state index contributed by atoms with van der Waals surface area (Å²) in [5.41, 5.74) is 1.28. The summed E-state index contributed by atoms with van der Waals surface area (Å²) in [6.45, 7) is 5.56. The van der Waals surface area contributed by atoms with E-state index in [2.05, 4.69) is 22.3 Å². The second-order valence-electron chi connectivity index (χ2n) is 6.94. The van der Waals surface area contributed by atoms with E-state index in [1.54, 1.807) is 11.8 Å². The average Bonchev–Trinajstić information content (AvgIpc) is 2.71. The maximum Gasteiger partial charge on any atom is 0.230 e. The van der Waals surface area contributed by atoms with Gasteiger partial charge in [-0.25, -0.2) is 0 Å². The summed E-state index contributed by atoms with van der Waals surface area (Å²) < 4.78 is 5.44. The molecule has 150 valence electrons. The molecule has 0 spiro atoms. The number of carbonyl (C=O) groups excluding carboxylic acids is 1. The molecular formula is C22H27ClN2O2S. The molecule has 0 saturated carbocycles. The van der Waals surface area contributed by atoms with Gasteiger partial charge in [0.25, 0.3) is 0 Å². The Morgan fingerprint density at radius 2 is 1.82 bits per heavy atom. The summed E-state index contributed by atoms with van der Waals surface area (Å²) in [6, 6.07) is 16.2. The van der Waals surface area contributed by atoms with E-state index in [1.165, 1.54) is 5.56 Å². The van der Waals surface area contributed by atoms with Crippen molar-refractivity contribution in [1.82, 2.24) is 10.2 Å². The molecule has 3 rings (SSSR count). The predicted molar refractivity (Wildman–Crippen MR) is 116 cm³/mol. The first kappa shape index (κ1) is 21.0. The number of ether oxygens (including phenoxy) is 1. The number of amides is 1. The van der Waals surface area contributed by atoms with Crippen LogP contribution in [0.25, 0.3) is 0 Å². The van der Waals surface area contributed by atoms with Gasteiger partial charge >= 0.3 is 0 Å². The van der Waals surface area contributed by atoms with Crippen LogP contribution in [-0.2, 0) is 11.3 Å². The molecule has 1 aliphatic rings. The normalized spacial score (nSPS) is 15.4. The topological polar surface area (TPSA) is 41.6 Å². The van der Waals surface area contributed by atoms with Gasteiger partial charge in [0.15, 0.2) is 0 Å². The summed E-state index contributed by atoms with van der Waals surface area (Å²) in [6.07, 6.45) is 1.99. The zero-order chi connectivity index (χ0) is 19.8. The highest BCUT2D eigenvalue weighted by Crippen LogP contribution is 2.22. The fourth-order valence-corrected chi connectivity index (χ4v) is 4.14. The molecule has 4 nitrogen and oxygen atoms in total. The van der Waals surface area contributed by atoms with Crippen molar-refractivity contribution >= 4 is 29.3 Å². The molecule has 1 amide bonds. The Morgan fingerprint density at radius 3 is 2.46 bits per heavy atom. The summed E-state index contributed by atoms with van der Waals surface area (Å²) in [7, 11) is 0. The van der Waals surface area contributed by atoms with Crippen molar-refractivity contribution in [3.63, 3.8) is 0 Å². The highest BCUT2D eigenvalue weighted by Gasteiger charge is 2.20. The van der Waals surface area contributed by atoms with Gasteiger partial charge in [0.05, 0.1) is 12.4 Å². The molecule has 1 heterocycles. The minimum Gasteiger partial charge on any atom is -0.494 e. The fraction of sp³-hybridized carbons (Fsp3) is 0.409. The molecule has 1 aliphatic heterocycles. The van der Waals surface area contributed by atoms with Crippen LogP contribution >= 0.6 is 23.4 Å². The fourth-order valence-electron chi connectivity index (χ4n) is 3.30. The summed E-state index contributed by atoms with van der Waals surface area (Å²) in [4.78, 5) is 15.8. The van der Waals surface area contributed by atoms with E-state index in [0.29, 0.717) is 12.4 Å². The lowest BCUT2D eigenvalue weighted by Crippen LogP contribution is -2.44. The van der Waals surface area contributed by atoms with Crippen LogP contribution in [-0.4, -0.2) is 42.3 Å². The van der Waals surface area contributed by atoms with Crippen molar-refractivity contribution < 1.29 is 9.53 Å². The van der Waals surface area contributed by atoms with Crippen molar-refractivity contribution in [1.29, 1.82) is 0 Å². The Labute approximate surface area is 176 Å². The number of benzene rings is 2. The Morgan fingerprint density at radius 1 is 1.14 bits per heavy atom. The van der Waals surface area contributed by atoms with Crippen LogP contribution in [0.3, 0.4) is 0 Å². The molecule has 28 heavy (non-hydrogen) atoms. The third kappa shape index (κ3) is 6.73. The number of hydrogen-bond acceptors (Lipinski definition) is 4. The van der Waals surface area contributed by atoms with Crippen LogP contribution in [0.5, 0.6) is 5.75 Å². The van der Waals surface area contributed by atoms with Crippen LogP contribution < -0.4 is 10.1 Å². The molecule has 6 heteroatoms. The third-order valence-corrected chi connectivity index (χ3v) is 6.04. The number of hydrogen-bond donors (Lipinski definition) is 1. The van der Waals surface area contributed by atoms with Crippen molar-refractivity contribution in [2.75, 3.05) is 25.4 Å². The average molecular weight is 419 g/mol. The Kier molecular flexibility index (Phi) is 8.07. The van der Waals surface area contributed by atoms with E-state index < -0.39 is 0 Å². The van der Waals surface area contributed by atoms with Crippen molar-refractivity contribution in [3.8, 4) is 5.75 Å². The number of nitrogens with one attached hydrogen (secondary N) is 1. The van der Waals surface area contributed by atoms with Gasteiger partial charge < -0.3 is 10.1 Å². The minimum absolute atomic E-state index is 0.107. The number of halogens is 1. The van der Waals surface area contributed by atoms with Crippen LogP contribution in [0.15, 0.2) is 53.4 Å². The quantitative estimate of drug-likeness (QED) is 0.635. The second-order valence-corrected chi connectivity index (χ2v) is 8.42. The van der Waals surface area contributed by atoms with Crippen LogP contribution in [0.2, 0.25) is 5.02 Å². The van der Waals surface area contributed by atoms with Crippen LogP contribution in [0.4, 0.5) is 0 Å². The first-order valence-electron chi connectivity index (χ1n) is 9.74. The molecule has 2 aromatic carbocycles. The molecule has 1 fully saturated rings. The van der Waals surface area contributed by atoms with E-state index in [0.717, 1.165) is 48.1 Å². The summed E-state index contributed by atoms with van der Waals surface area (Å²) >= 11 is 7.50. The molecule has 0 unspecified atom stereocenters. The summed E-state index contributed by atoms with van der Waals surface area (Å²) in [5, 5.41) is 3.96. The number of carbonyl (C=O) groups is 1. The van der Waals surface area contributed by atoms with Crippen molar-refractivity contribution in [2.45, 2.75) is 37.2 Å². The van der Waals surface area contributed by atoms with Gasteiger partial charge in [-0.2, -0.15) is 0 Å². The molecular weight excluding hydrogens is 392 g/mol. The van der Waals surface area contributed by atoms with Gasteiger partial charge in [-0.15, -0.1) is 11.8 Å². The van der Waals surface area contributed by atoms with Gasteiger partial charge in [0.1, 0.15) is 5.75 Å². The first-order chi connectivity index (χ1) is 13.6. The first-order valence-corrected chi connectivity index (χ1v) is 11.1. The van der Waals surface area contributed by atoms with Gasteiger partial charge in [0, 0.05) is 35.6 Å². The Hall–Kier alpha value is -1.69. The van der Waals surface area contributed by atoms with Crippen molar-refractivity contribution in [2.24, 2.45) is 0 Å². The number of thioether (sulfide) groups is 1. The largest absolute Gasteiger partial charge is 0.494 e. The van der Waals surface area contributed by atoms with Gasteiger partial charge in [-0.3, -0.25) is 9.69 Å². The number of nitrogens with zero attached hydrogens (tertiary/aromatic N) is 1. The number of likely N-dealkylation sites (tertiary alicyclic amines) is 1. The zero-order valence-electron chi connectivity index (χ0n) is 16.2. The molecule has 0 radical (unpaired) electrons. The smallest absolute Gasteiger partial charge is 0.230 e. The van der Waals surface area contributed by atoms with E-state index >= 15 is 0 Å². The molecule has 0 bridgehead atoms. The summed E-state index contributed by atoms with van der Waals surface area (Å²) in [5.74, 6) is 1.41. The maximum absolute atomic E-state index is 12.3. The van der Waals surface area contributed by atoms with Crippen molar-refractivity contribution in [3.05, 3.63) is 59.1 Å². The van der Waals surface area contributed by atoms with E-state index in [9.17, 15) is 4.79 Å². The lowest BCUT2D eigenvalue weighted by Gasteiger charge is -2.32. The highest BCUT2D eigenvalue weighted by molar-refractivity contribution is 8.00. The Balaban J connectivity index is 1.35. The van der Waals surface area contributed by atoms with Gasteiger partial charge in [0.2, 0.25) is 5.91 Å². The van der Waals surface area contributed by atoms with E-state index in [1.807, 2.05) is 43.3 Å². The standard InChI is InChI=1S/C22H27ClN2O2S/c1-2-27-20-7-9-21(10-8-20)28-16-22(26)24-19-11-13-25(14-12-19)15-17-3-5-18(23)6-4-17/h3-10,19H,2,11-16H2,1H3,(H,24,26). The molecule has 2 aromatic rings. The SMILES string of the molecule is CCOc1ccc(SCC(=O)NC2CCN(Cc3ccc(Cl)cc3)CC2)cc1. The van der Waals surface area contributed by atoms with E-state index in [-0.39, 0.29) is 11.9 Å². The number of rotatable bonds is 8. The van der Waals surface area contributed by atoms with Crippen LogP contribution in [0.1, 0.15) is 25.3 Å². The highest BCUT2D eigenvalue weighted by atomic mass is 35.5. The predicted octanol–water partition coefficient (Wildman–Crippen LogP) is 4.61. The van der Waals surface area contributed by atoms with Crippen LogP contribution in [0, 0.1) is 0 Å². The minimum atomic E-state index is 0.107. The number of piperidine rings is 1. The van der Waals surface area contributed by atoms with Gasteiger partial charge in [-0.1, -0.05) is 23.7 Å². The third-order valence-electron chi connectivity index (χ3n) is 4.78. The molecule has 1 N–H and O–H groups in total. The Bertz CT molecular complexity index is 744. The lowest BCUT2D eigenvalue weighted by atomic mass is 10.0. The second kappa shape index (κ2) is 10.7. The maximum atomic E-state index is 12.3. The van der Waals surface area contributed by atoms with E-state index in [4.69, 9.17) is 16.3 Å².